The Labute approximate surface area is 159 Å². The molecule has 0 spiro atoms. The summed E-state index contributed by atoms with van der Waals surface area (Å²) < 4.78 is 9.85. The molecule has 0 bridgehead atoms. The molecule has 1 aromatic carbocycles. The maximum absolute atomic E-state index is 12.7. The zero-order valence-electron chi connectivity index (χ0n) is 15.7. The molecule has 1 aromatic heterocycles. The first-order chi connectivity index (χ1) is 13.1. The molecule has 0 saturated carbocycles. The van der Waals surface area contributed by atoms with Crippen molar-refractivity contribution in [2.75, 3.05) is 12.8 Å². The number of nitrogens with one attached hydrogen (secondary N) is 1. The van der Waals surface area contributed by atoms with Crippen molar-refractivity contribution in [3.8, 4) is 0 Å². The highest BCUT2D eigenvalue weighted by molar-refractivity contribution is 6.05. The van der Waals surface area contributed by atoms with E-state index in [1.165, 1.54) is 14.0 Å². The smallest absolute Gasteiger partial charge is 0.340 e. The number of methoxy groups -OCH3 is 1. The van der Waals surface area contributed by atoms with Crippen LogP contribution in [0.15, 0.2) is 18.2 Å². The molecule has 0 saturated heterocycles. The van der Waals surface area contributed by atoms with Crippen molar-refractivity contribution in [2.24, 2.45) is 0 Å². The molecule has 28 heavy (non-hydrogen) atoms. The van der Waals surface area contributed by atoms with Crippen LogP contribution in [0.1, 0.15) is 49.4 Å². The van der Waals surface area contributed by atoms with Crippen LogP contribution in [0.5, 0.6) is 0 Å². The number of nitrogens with zero attached hydrogens (tertiary/aromatic N) is 1. The van der Waals surface area contributed by atoms with E-state index in [2.05, 4.69) is 4.98 Å². The van der Waals surface area contributed by atoms with Crippen LogP contribution in [-0.4, -0.2) is 40.8 Å². The number of aromatic amines is 1. The van der Waals surface area contributed by atoms with Gasteiger partial charge in [-0.25, -0.2) is 9.59 Å². The molecule has 1 heterocycles. The lowest BCUT2D eigenvalue weighted by Crippen LogP contribution is -2.25. The molecule has 3 N–H and O–H groups in total. The molecule has 0 aliphatic heterocycles. The number of esters is 2. The Morgan fingerprint density at radius 2 is 1.86 bits per heavy atom. The van der Waals surface area contributed by atoms with Crippen molar-refractivity contribution in [3.05, 3.63) is 56.4 Å². The van der Waals surface area contributed by atoms with E-state index in [1.54, 1.807) is 13.8 Å². The highest BCUT2D eigenvalue weighted by Crippen LogP contribution is 2.23. The van der Waals surface area contributed by atoms with E-state index in [-0.39, 0.29) is 28.2 Å². The number of rotatable bonds is 6. The third kappa shape index (κ3) is 3.85. The summed E-state index contributed by atoms with van der Waals surface area (Å²) in [6.45, 7) is 4.56. The first kappa shape index (κ1) is 20.6. The Kier molecular flexibility index (Phi) is 5.82. The van der Waals surface area contributed by atoms with Crippen LogP contribution in [0.3, 0.4) is 0 Å². The van der Waals surface area contributed by atoms with Gasteiger partial charge in [-0.05, 0) is 32.4 Å². The summed E-state index contributed by atoms with van der Waals surface area (Å²) in [6, 6.07) is 3.30. The number of carbonyl (C=O) groups excluding carboxylic acids is 3. The molecule has 0 unspecified atom stereocenters. The maximum Gasteiger partial charge on any atom is 0.340 e. The molecule has 0 fully saturated rings. The zero-order chi connectivity index (χ0) is 21.2. The molecular formula is C18H19N3O7. The number of carbonyl (C=O) groups is 3. The number of benzene rings is 1. The monoisotopic (exact) mass is 389 g/mol. The number of H-pyrrole nitrogens is 1. The van der Waals surface area contributed by atoms with Crippen LogP contribution >= 0.6 is 0 Å². The van der Waals surface area contributed by atoms with Crippen LogP contribution in [-0.2, 0) is 9.47 Å². The Bertz CT molecular complexity index is 978. The standard InChI is InChI=1S/C18H19N3O7/c1-8-14(18(24)27-4)9(2)20-15(8)16(22)10(3)28-17(23)12-6-5-11(21(25)26)7-13(12)19/h5-7,10,20H,19H2,1-4H3/t10-/m1/s1. The summed E-state index contributed by atoms with van der Waals surface area (Å²) in [5, 5.41) is 10.7. The van der Waals surface area contributed by atoms with E-state index in [4.69, 9.17) is 15.2 Å². The van der Waals surface area contributed by atoms with Crippen LogP contribution in [0.25, 0.3) is 0 Å². The van der Waals surface area contributed by atoms with Gasteiger partial charge in [0.15, 0.2) is 6.10 Å². The SMILES string of the molecule is COC(=O)c1c(C)[nH]c(C(=O)[C@@H](C)OC(=O)c2ccc([N+](=O)[O-])cc2N)c1C. The third-order valence-corrected chi connectivity index (χ3v) is 4.19. The number of aromatic nitrogens is 1. The fourth-order valence-corrected chi connectivity index (χ4v) is 2.74. The van der Waals surface area contributed by atoms with Crippen molar-refractivity contribution in [1.82, 2.24) is 4.98 Å². The van der Waals surface area contributed by atoms with Crippen molar-refractivity contribution in [2.45, 2.75) is 26.9 Å². The second kappa shape index (κ2) is 7.91. The summed E-state index contributed by atoms with van der Waals surface area (Å²) >= 11 is 0. The normalized spacial score (nSPS) is 11.6. The number of hydrogen-bond donors (Lipinski definition) is 2. The van der Waals surface area contributed by atoms with Gasteiger partial charge in [0.1, 0.15) is 0 Å². The summed E-state index contributed by atoms with van der Waals surface area (Å²) in [5.41, 5.74) is 6.35. The van der Waals surface area contributed by atoms with Crippen LogP contribution < -0.4 is 5.73 Å². The number of ketones is 1. The molecule has 0 aliphatic carbocycles. The van der Waals surface area contributed by atoms with Gasteiger partial charge >= 0.3 is 11.9 Å². The fraction of sp³-hybridized carbons (Fsp3) is 0.278. The van der Waals surface area contributed by atoms with Gasteiger partial charge in [-0.1, -0.05) is 0 Å². The maximum atomic E-state index is 12.7. The molecule has 0 amide bonds. The topological polar surface area (TPSA) is 155 Å². The molecule has 0 radical (unpaired) electrons. The lowest BCUT2D eigenvalue weighted by molar-refractivity contribution is -0.384. The van der Waals surface area contributed by atoms with Crippen LogP contribution in [0.2, 0.25) is 0 Å². The highest BCUT2D eigenvalue weighted by Gasteiger charge is 2.28. The van der Waals surface area contributed by atoms with Crippen LogP contribution in [0, 0.1) is 24.0 Å². The van der Waals surface area contributed by atoms with Gasteiger partial charge in [-0.3, -0.25) is 14.9 Å². The van der Waals surface area contributed by atoms with E-state index in [0.29, 0.717) is 11.3 Å². The lowest BCUT2D eigenvalue weighted by atomic mass is 10.1. The third-order valence-electron chi connectivity index (χ3n) is 4.19. The Morgan fingerprint density at radius 1 is 1.21 bits per heavy atom. The van der Waals surface area contributed by atoms with E-state index < -0.39 is 28.7 Å². The van der Waals surface area contributed by atoms with E-state index in [9.17, 15) is 24.5 Å². The number of nitrogen functional groups attached to an aromatic ring is 1. The summed E-state index contributed by atoms with van der Waals surface area (Å²) in [5.74, 6) is -2.04. The van der Waals surface area contributed by atoms with Gasteiger partial charge in [0.25, 0.3) is 5.69 Å². The van der Waals surface area contributed by atoms with Gasteiger partial charge in [-0.2, -0.15) is 0 Å². The minimum atomic E-state index is -1.19. The molecule has 2 rings (SSSR count). The second-order valence-corrected chi connectivity index (χ2v) is 6.06. The fourth-order valence-electron chi connectivity index (χ4n) is 2.74. The van der Waals surface area contributed by atoms with Gasteiger partial charge in [0.2, 0.25) is 5.78 Å². The van der Waals surface area contributed by atoms with Crippen molar-refractivity contribution in [1.29, 1.82) is 0 Å². The number of Topliss-reactive ketones (excluding diaryl/α,β-unsaturated/α-hetero) is 1. The van der Waals surface area contributed by atoms with E-state index in [0.717, 1.165) is 18.2 Å². The molecule has 2 aromatic rings. The average Bonchev–Trinajstić information content (AvgIpc) is 2.94. The molecule has 10 nitrogen and oxygen atoms in total. The number of aryl methyl sites for hydroxylation is 1. The predicted molar refractivity (Wildman–Crippen MR) is 98.3 cm³/mol. The minimum absolute atomic E-state index is 0.0973. The Balaban J connectivity index is 2.22. The lowest BCUT2D eigenvalue weighted by Gasteiger charge is -2.13. The molecule has 148 valence electrons. The zero-order valence-corrected chi connectivity index (χ0v) is 15.7. The first-order valence-electron chi connectivity index (χ1n) is 8.15. The Hall–Kier alpha value is -3.69. The summed E-state index contributed by atoms with van der Waals surface area (Å²) in [6.07, 6.45) is -1.19. The molecule has 1 atom stereocenters. The average molecular weight is 389 g/mol. The summed E-state index contributed by atoms with van der Waals surface area (Å²) in [4.78, 5) is 49.7. The van der Waals surface area contributed by atoms with E-state index >= 15 is 0 Å². The number of nitro groups is 1. The van der Waals surface area contributed by atoms with Crippen molar-refractivity contribution < 1.29 is 28.8 Å². The molecular weight excluding hydrogens is 370 g/mol. The van der Waals surface area contributed by atoms with Crippen LogP contribution in [0.4, 0.5) is 11.4 Å². The minimum Gasteiger partial charge on any atom is -0.465 e. The quantitative estimate of drug-likeness (QED) is 0.251. The van der Waals surface area contributed by atoms with Gasteiger partial charge in [-0.15, -0.1) is 0 Å². The number of non-ortho nitro benzene ring substituents is 1. The van der Waals surface area contributed by atoms with Gasteiger partial charge in [0.05, 0.1) is 34.5 Å². The largest absolute Gasteiger partial charge is 0.465 e. The molecule has 0 aliphatic rings. The predicted octanol–water partition coefficient (Wildman–Crippen LogP) is 2.34. The second-order valence-electron chi connectivity index (χ2n) is 6.06. The number of anilines is 1. The summed E-state index contributed by atoms with van der Waals surface area (Å²) in [7, 11) is 1.23. The Morgan fingerprint density at radius 3 is 2.39 bits per heavy atom. The van der Waals surface area contributed by atoms with Gasteiger partial charge < -0.3 is 20.2 Å². The molecule has 10 heteroatoms. The van der Waals surface area contributed by atoms with E-state index in [1.807, 2.05) is 0 Å². The number of nitro benzene ring substituents is 1. The van der Waals surface area contributed by atoms with Crippen molar-refractivity contribution >= 4 is 29.1 Å². The number of hydrogen-bond acceptors (Lipinski definition) is 8. The van der Waals surface area contributed by atoms with Crippen molar-refractivity contribution in [3.63, 3.8) is 0 Å². The van der Waals surface area contributed by atoms with Gasteiger partial charge in [0, 0.05) is 17.8 Å². The first-order valence-corrected chi connectivity index (χ1v) is 8.15. The number of nitrogens with two attached hydrogens (primary N) is 1. The highest BCUT2D eigenvalue weighted by atomic mass is 16.6. The number of ether oxygens (including phenoxy) is 2.